The molecule has 1 aliphatic heterocycles. The zero-order valence-electron chi connectivity index (χ0n) is 17.3. The van der Waals surface area contributed by atoms with Gasteiger partial charge in [0, 0.05) is 25.7 Å². The van der Waals surface area contributed by atoms with Gasteiger partial charge in [-0.15, -0.1) is 0 Å². The Hall–Kier alpha value is -1.81. The SMILES string of the molecule is Cc1ccc(N2CCN(S(=O)(=O)c3ccc(C(C)(O)C(F)(F)F)cc3)[C@H](C)C2)c(Cl)c1. The number of alkyl halides is 3. The molecule has 0 amide bonds. The lowest BCUT2D eigenvalue weighted by atomic mass is 9.96. The normalized spacial score (nSPS) is 20.5. The number of sulfonamides is 1. The highest BCUT2D eigenvalue weighted by molar-refractivity contribution is 7.89. The Kier molecular flexibility index (Phi) is 6.36. The van der Waals surface area contributed by atoms with E-state index in [1.807, 2.05) is 30.0 Å². The molecule has 0 aliphatic carbocycles. The summed E-state index contributed by atoms with van der Waals surface area (Å²) in [5.41, 5.74) is -1.64. The third-order valence-corrected chi connectivity index (χ3v) is 7.92. The Balaban J connectivity index is 1.80. The van der Waals surface area contributed by atoms with Crippen LogP contribution in [0.2, 0.25) is 5.02 Å². The maximum atomic E-state index is 13.1. The number of hydrogen-bond acceptors (Lipinski definition) is 4. The molecule has 3 rings (SSSR count). The molecule has 1 heterocycles. The fraction of sp³-hybridized carbons (Fsp3) is 0.429. The Morgan fingerprint density at radius 2 is 1.71 bits per heavy atom. The highest BCUT2D eigenvalue weighted by atomic mass is 35.5. The van der Waals surface area contributed by atoms with Crippen LogP contribution in [-0.2, 0) is 15.6 Å². The lowest BCUT2D eigenvalue weighted by Gasteiger charge is -2.40. The van der Waals surface area contributed by atoms with Crippen molar-refractivity contribution in [3.63, 3.8) is 0 Å². The number of aliphatic hydroxyl groups is 1. The molecule has 31 heavy (non-hydrogen) atoms. The zero-order valence-corrected chi connectivity index (χ0v) is 18.9. The van der Waals surface area contributed by atoms with Gasteiger partial charge in [0.25, 0.3) is 0 Å². The monoisotopic (exact) mass is 476 g/mol. The summed E-state index contributed by atoms with van der Waals surface area (Å²) in [5, 5.41) is 10.4. The van der Waals surface area contributed by atoms with E-state index >= 15 is 0 Å². The van der Waals surface area contributed by atoms with Gasteiger partial charge in [-0.2, -0.15) is 17.5 Å². The van der Waals surface area contributed by atoms with Crippen molar-refractivity contribution in [2.45, 2.75) is 43.5 Å². The molecule has 1 aliphatic rings. The van der Waals surface area contributed by atoms with Gasteiger partial charge in [-0.05, 0) is 56.2 Å². The van der Waals surface area contributed by atoms with Gasteiger partial charge in [0.15, 0.2) is 5.60 Å². The van der Waals surface area contributed by atoms with Crippen molar-refractivity contribution in [2.75, 3.05) is 24.5 Å². The molecule has 170 valence electrons. The predicted octanol–water partition coefficient (Wildman–Crippen LogP) is 4.32. The summed E-state index contributed by atoms with van der Waals surface area (Å²) in [6, 6.07) is 9.49. The molecule has 0 saturated carbocycles. The van der Waals surface area contributed by atoms with Gasteiger partial charge in [0.2, 0.25) is 10.0 Å². The molecule has 1 N–H and O–H groups in total. The number of hydrogen-bond donors (Lipinski definition) is 1. The summed E-state index contributed by atoms with van der Waals surface area (Å²) >= 11 is 6.34. The van der Waals surface area contributed by atoms with E-state index in [2.05, 4.69) is 0 Å². The average Bonchev–Trinajstić information content (AvgIpc) is 2.67. The van der Waals surface area contributed by atoms with Gasteiger partial charge in [-0.25, -0.2) is 8.42 Å². The number of benzene rings is 2. The molecule has 0 spiro atoms. The summed E-state index contributed by atoms with van der Waals surface area (Å²) in [6.45, 7) is 5.39. The third kappa shape index (κ3) is 4.55. The topological polar surface area (TPSA) is 60.9 Å². The standard InChI is InChI=1S/C21H24ClF3N2O3S/c1-14-4-9-19(18(22)12-14)26-10-11-27(15(2)13-26)31(29,30)17-7-5-16(6-8-17)20(3,28)21(23,24)25/h4-9,12,15,28H,10-11,13H2,1-3H3/t15-,20?/m1/s1. The van der Waals surface area contributed by atoms with Crippen LogP contribution >= 0.6 is 11.6 Å². The molecule has 10 heteroatoms. The van der Waals surface area contributed by atoms with Crippen LogP contribution in [0.5, 0.6) is 0 Å². The number of piperazine rings is 1. The summed E-state index contributed by atoms with van der Waals surface area (Å²) in [5.74, 6) is 0. The van der Waals surface area contributed by atoms with Gasteiger partial charge in [0.05, 0.1) is 15.6 Å². The first-order valence-electron chi connectivity index (χ1n) is 9.68. The second-order valence-corrected chi connectivity index (χ2v) is 10.3. The summed E-state index contributed by atoms with van der Waals surface area (Å²) in [7, 11) is -3.92. The summed E-state index contributed by atoms with van der Waals surface area (Å²) in [6.07, 6.45) is -4.88. The van der Waals surface area contributed by atoms with Crippen LogP contribution in [0.3, 0.4) is 0 Å². The molecule has 0 aromatic heterocycles. The average molecular weight is 477 g/mol. The van der Waals surface area contributed by atoms with E-state index in [0.29, 0.717) is 25.0 Å². The molecule has 5 nitrogen and oxygen atoms in total. The zero-order chi connectivity index (χ0) is 23.2. The van der Waals surface area contributed by atoms with E-state index in [-0.39, 0.29) is 17.5 Å². The fourth-order valence-electron chi connectivity index (χ4n) is 3.64. The van der Waals surface area contributed by atoms with Crippen molar-refractivity contribution in [3.8, 4) is 0 Å². The first kappa shape index (κ1) is 23.8. The lowest BCUT2D eigenvalue weighted by molar-refractivity contribution is -0.258. The largest absolute Gasteiger partial charge is 0.421 e. The Morgan fingerprint density at radius 1 is 1.10 bits per heavy atom. The number of rotatable bonds is 4. The maximum absolute atomic E-state index is 13.1. The van der Waals surface area contributed by atoms with Gasteiger partial charge in [-0.1, -0.05) is 29.8 Å². The molecule has 1 fully saturated rings. The van der Waals surface area contributed by atoms with E-state index in [9.17, 15) is 26.7 Å². The van der Waals surface area contributed by atoms with Crippen LogP contribution in [0, 0.1) is 6.92 Å². The van der Waals surface area contributed by atoms with E-state index < -0.39 is 27.4 Å². The summed E-state index contributed by atoms with van der Waals surface area (Å²) < 4.78 is 66.6. The molecule has 2 aromatic carbocycles. The quantitative estimate of drug-likeness (QED) is 0.714. The fourth-order valence-corrected chi connectivity index (χ4v) is 5.60. The van der Waals surface area contributed by atoms with Crippen LogP contribution < -0.4 is 4.90 Å². The molecular weight excluding hydrogens is 453 g/mol. The number of aryl methyl sites for hydroxylation is 1. The lowest BCUT2D eigenvalue weighted by Crippen LogP contribution is -2.54. The van der Waals surface area contributed by atoms with Crippen LogP contribution in [0.15, 0.2) is 47.4 Å². The molecule has 0 bridgehead atoms. The molecule has 2 atom stereocenters. The predicted molar refractivity (Wildman–Crippen MR) is 114 cm³/mol. The third-order valence-electron chi connectivity index (χ3n) is 5.59. The minimum atomic E-state index is -4.88. The van der Waals surface area contributed by atoms with Gasteiger partial charge >= 0.3 is 6.18 Å². The molecule has 1 saturated heterocycles. The first-order chi connectivity index (χ1) is 14.2. The van der Waals surface area contributed by atoms with Crippen molar-refractivity contribution in [1.29, 1.82) is 0 Å². The van der Waals surface area contributed by atoms with Gasteiger partial charge in [-0.3, -0.25) is 0 Å². The second kappa shape index (κ2) is 8.27. The van der Waals surface area contributed by atoms with Crippen molar-refractivity contribution >= 4 is 27.3 Å². The van der Waals surface area contributed by atoms with Crippen LogP contribution in [0.4, 0.5) is 18.9 Å². The molecule has 0 radical (unpaired) electrons. The van der Waals surface area contributed by atoms with Gasteiger partial charge < -0.3 is 10.0 Å². The smallest absolute Gasteiger partial charge is 0.376 e. The first-order valence-corrected chi connectivity index (χ1v) is 11.5. The van der Waals surface area contributed by atoms with Crippen molar-refractivity contribution < 1.29 is 26.7 Å². The van der Waals surface area contributed by atoms with Crippen LogP contribution in [0.25, 0.3) is 0 Å². The second-order valence-electron chi connectivity index (χ2n) is 7.96. The number of halogens is 4. The van der Waals surface area contributed by atoms with Gasteiger partial charge in [0.1, 0.15) is 0 Å². The Morgan fingerprint density at radius 3 is 2.23 bits per heavy atom. The Bertz CT molecular complexity index is 1060. The molecular formula is C21H24ClF3N2O3S. The number of nitrogens with zero attached hydrogens (tertiary/aromatic N) is 2. The highest BCUT2D eigenvalue weighted by Crippen LogP contribution is 2.39. The minimum absolute atomic E-state index is 0.122. The van der Waals surface area contributed by atoms with E-state index in [1.165, 1.54) is 4.31 Å². The maximum Gasteiger partial charge on any atom is 0.421 e. The molecule has 2 aromatic rings. The minimum Gasteiger partial charge on any atom is -0.376 e. The highest BCUT2D eigenvalue weighted by Gasteiger charge is 2.51. The van der Waals surface area contributed by atoms with Crippen LogP contribution in [0.1, 0.15) is 25.0 Å². The van der Waals surface area contributed by atoms with E-state index in [1.54, 1.807) is 6.92 Å². The summed E-state index contributed by atoms with van der Waals surface area (Å²) in [4.78, 5) is 1.89. The van der Waals surface area contributed by atoms with Crippen molar-refractivity contribution in [2.24, 2.45) is 0 Å². The molecule has 1 unspecified atom stereocenters. The number of anilines is 1. The van der Waals surface area contributed by atoms with Crippen molar-refractivity contribution in [3.05, 3.63) is 58.6 Å². The van der Waals surface area contributed by atoms with E-state index in [4.69, 9.17) is 11.6 Å². The van der Waals surface area contributed by atoms with E-state index in [0.717, 1.165) is 35.5 Å². The van der Waals surface area contributed by atoms with Crippen LogP contribution in [-0.4, -0.2) is 49.7 Å². The Labute approximate surface area is 185 Å². The van der Waals surface area contributed by atoms with Crippen molar-refractivity contribution in [1.82, 2.24) is 4.31 Å².